The molecule has 3 nitrogen and oxygen atoms in total. The maximum atomic E-state index is 5.26. The zero-order valence-corrected chi connectivity index (χ0v) is 10.7. The van der Waals surface area contributed by atoms with Crippen LogP contribution >= 0.6 is 11.8 Å². The molecule has 1 heterocycles. The Kier molecular flexibility index (Phi) is 4.50. The molecule has 0 bridgehead atoms. The van der Waals surface area contributed by atoms with Crippen LogP contribution < -0.4 is 5.32 Å². The highest BCUT2D eigenvalue weighted by atomic mass is 32.2. The molecule has 0 atom stereocenters. The van der Waals surface area contributed by atoms with Crippen molar-refractivity contribution < 1.29 is 4.42 Å². The van der Waals surface area contributed by atoms with Gasteiger partial charge in [0, 0.05) is 18.0 Å². The molecule has 0 spiro atoms. The van der Waals surface area contributed by atoms with Gasteiger partial charge in [-0.05, 0) is 25.5 Å². The van der Waals surface area contributed by atoms with E-state index in [0.717, 1.165) is 29.6 Å². The molecule has 1 aromatic carbocycles. The van der Waals surface area contributed by atoms with Gasteiger partial charge in [-0.2, -0.15) is 0 Å². The zero-order chi connectivity index (χ0) is 11.9. The first-order valence-electron chi connectivity index (χ1n) is 5.68. The van der Waals surface area contributed by atoms with Crippen LogP contribution in [0.5, 0.6) is 0 Å². The minimum absolute atomic E-state index is 0.766. The quantitative estimate of drug-likeness (QED) is 0.626. The third-order valence-corrected chi connectivity index (χ3v) is 3.17. The number of hydrogen-bond acceptors (Lipinski definition) is 4. The fourth-order valence-electron chi connectivity index (χ4n) is 1.42. The molecule has 4 heteroatoms. The van der Waals surface area contributed by atoms with Crippen molar-refractivity contribution in [3.8, 4) is 0 Å². The standard InChI is InChI=1S/C13H16N2OS/c1-11-10-16-13(15-11)17-9-5-8-14-12-6-3-2-4-7-12/h2-4,6-7,10,14H,5,8-9H2,1H3. The molecule has 0 amide bonds. The van der Waals surface area contributed by atoms with Gasteiger partial charge in [0.2, 0.25) is 0 Å². The van der Waals surface area contributed by atoms with Gasteiger partial charge in [0.25, 0.3) is 5.22 Å². The summed E-state index contributed by atoms with van der Waals surface area (Å²) < 4.78 is 5.26. The van der Waals surface area contributed by atoms with Gasteiger partial charge in [-0.25, -0.2) is 4.98 Å². The van der Waals surface area contributed by atoms with Crippen LogP contribution in [0, 0.1) is 6.92 Å². The van der Waals surface area contributed by atoms with E-state index < -0.39 is 0 Å². The molecule has 0 aliphatic rings. The first-order chi connectivity index (χ1) is 8.34. The summed E-state index contributed by atoms with van der Waals surface area (Å²) in [5.74, 6) is 1.01. The maximum Gasteiger partial charge on any atom is 0.255 e. The van der Waals surface area contributed by atoms with Crippen molar-refractivity contribution in [3.05, 3.63) is 42.3 Å². The Balaban J connectivity index is 1.61. The van der Waals surface area contributed by atoms with E-state index in [9.17, 15) is 0 Å². The maximum absolute atomic E-state index is 5.26. The number of oxazole rings is 1. The number of thioether (sulfide) groups is 1. The van der Waals surface area contributed by atoms with Gasteiger partial charge in [0.15, 0.2) is 0 Å². The molecule has 0 aliphatic heterocycles. The molecule has 1 aromatic heterocycles. The molecule has 0 saturated carbocycles. The van der Waals surface area contributed by atoms with E-state index in [0.29, 0.717) is 0 Å². The number of hydrogen-bond donors (Lipinski definition) is 1. The number of anilines is 1. The third kappa shape index (κ3) is 4.15. The van der Waals surface area contributed by atoms with Crippen LogP contribution in [0.3, 0.4) is 0 Å². The predicted molar refractivity (Wildman–Crippen MR) is 71.5 cm³/mol. The molecule has 0 aliphatic carbocycles. The van der Waals surface area contributed by atoms with Crippen molar-refractivity contribution in [2.75, 3.05) is 17.6 Å². The summed E-state index contributed by atoms with van der Waals surface area (Å²) in [6.45, 7) is 2.90. The van der Waals surface area contributed by atoms with Gasteiger partial charge in [-0.15, -0.1) is 0 Å². The van der Waals surface area contributed by atoms with Gasteiger partial charge in [-0.3, -0.25) is 0 Å². The van der Waals surface area contributed by atoms with E-state index >= 15 is 0 Å². The van der Waals surface area contributed by atoms with Crippen LogP contribution in [0.1, 0.15) is 12.1 Å². The highest BCUT2D eigenvalue weighted by Gasteiger charge is 2.00. The van der Waals surface area contributed by atoms with Crippen LogP contribution in [0.4, 0.5) is 5.69 Å². The topological polar surface area (TPSA) is 38.1 Å². The monoisotopic (exact) mass is 248 g/mol. The lowest BCUT2D eigenvalue weighted by Crippen LogP contribution is -2.02. The van der Waals surface area contributed by atoms with E-state index in [1.54, 1.807) is 18.0 Å². The fraction of sp³-hybridized carbons (Fsp3) is 0.308. The molecule has 2 rings (SSSR count). The van der Waals surface area contributed by atoms with Gasteiger partial charge in [0.1, 0.15) is 6.26 Å². The highest BCUT2D eigenvalue weighted by Crippen LogP contribution is 2.17. The lowest BCUT2D eigenvalue weighted by atomic mass is 10.3. The summed E-state index contributed by atoms with van der Waals surface area (Å²) in [5.41, 5.74) is 2.11. The molecule has 0 unspecified atom stereocenters. The Hall–Kier alpha value is -1.42. The lowest BCUT2D eigenvalue weighted by molar-refractivity contribution is 0.454. The molecule has 90 valence electrons. The second-order valence-electron chi connectivity index (χ2n) is 3.75. The van der Waals surface area contributed by atoms with E-state index in [-0.39, 0.29) is 0 Å². The summed E-state index contributed by atoms with van der Waals surface area (Å²) in [6, 6.07) is 10.2. The molecule has 0 saturated heterocycles. The minimum atomic E-state index is 0.766. The number of nitrogens with zero attached hydrogens (tertiary/aromatic N) is 1. The van der Waals surface area contributed by atoms with Gasteiger partial charge >= 0.3 is 0 Å². The smallest absolute Gasteiger partial charge is 0.255 e. The van der Waals surface area contributed by atoms with Crippen LogP contribution in [-0.2, 0) is 0 Å². The highest BCUT2D eigenvalue weighted by molar-refractivity contribution is 7.99. The van der Waals surface area contributed by atoms with E-state index in [2.05, 4.69) is 22.4 Å². The summed E-state index contributed by atoms with van der Waals surface area (Å²) in [5, 5.41) is 4.14. The van der Waals surface area contributed by atoms with Crippen molar-refractivity contribution >= 4 is 17.4 Å². The van der Waals surface area contributed by atoms with E-state index in [1.807, 2.05) is 25.1 Å². The molecule has 17 heavy (non-hydrogen) atoms. The Morgan fingerprint density at radius 2 is 2.12 bits per heavy atom. The number of aryl methyl sites for hydroxylation is 1. The van der Waals surface area contributed by atoms with Gasteiger partial charge in [-0.1, -0.05) is 30.0 Å². The Morgan fingerprint density at radius 3 is 2.82 bits per heavy atom. The van der Waals surface area contributed by atoms with E-state index in [4.69, 9.17) is 4.42 Å². The third-order valence-electron chi connectivity index (χ3n) is 2.25. The lowest BCUT2D eigenvalue weighted by Gasteiger charge is -2.04. The van der Waals surface area contributed by atoms with E-state index in [1.165, 1.54) is 5.69 Å². The first-order valence-corrected chi connectivity index (χ1v) is 6.67. The van der Waals surface area contributed by atoms with Crippen LogP contribution in [0.25, 0.3) is 0 Å². The second kappa shape index (κ2) is 6.35. The van der Waals surface area contributed by atoms with Crippen molar-refractivity contribution in [1.29, 1.82) is 0 Å². The largest absolute Gasteiger partial charge is 0.440 e. The van der Waals surface area contributed by atoms with Crippen molar-refractivity contribution in [2.24, 2.45) is 0 Å². The summed E-state index contributed by atoms with van der Waals surface area (Å²) in [4.78, 5) is 4.24. The first kappa shape index (κ1) is 12.0. The zero-order valence-electron chi connectivity index (χ0n) is 9.85. The average molecular weight is 248 g/mol. The molecule has 1 N–H and O–H groups in total. The summed E-state index contributed by atoms with van der Waals surface area (Å²) in [6.07, 6.45) is 2.77. The van der Waals surface area contributed by atoms with Gasteiger partial charge < -0.3 is 9.73 Å². The Morgan fingerprint density at radius 1 is 1.29 bits per heavy atom. The van der Waals surface area contributed by atoms with Crippen LogP contribution in [0.15, 0.2) is 46.2 Å². The van der Waals surface area contributed by atoms with Crippen molar-refractivity contribution in [2.45, 2.75) is 18.6 Å². The fourth-order valence-corrected chi connectivity index (χ4v) is 2.21. The van der Waals surface area contributed by atoms with Crippen molar-refractivity contribution in [3.63, 3.8) is 0 Å². The normalized spacial score (nSPS) is 10.4. The number of aromatic nitrogens is 1. The number of benzene rings is 1. The molecule has 0 fully saturated rings. The average Bonchev–Trinajstić information content (AvgIpc) is 2.76. The minimum Gasteiger partial charge on any atom is -0.440 e. The predicted octanol–water partition coefficient (Wildman–Crippen LogP) is 3.58. The van der Waals surface area contributed by atoms with Crippen molar-refractivity contribution in [1.82, 2.24) is 4.98 Å². The van der Waals surface area contributed by atoms with Crippen LogP contribution in [-0.4, -0.2) is 17.3 Å². The molecule has 0 radical (unpaired) electrons. The summed E-state index contributed by atoms with van der Waals surface area (Å²) in [7, 11) is 0. The summed E-state index contributed by atoms with van der Waals surface area (Å²) >= 11 is 1.66. The Labute approximate surface area is 106 Å². The second-order valence-corrected chi connectivity index (χ2v) is 4.80. The number of rotatable bonds is 6. The Bertz CT molecular complexity index is 442. The number of nitrogens with one attached hydrogen (secondary N) is 1. The SMILES string of the molecule is Cc1coc(SCCCNc2ccccc2)n1. The number of para-hydroxylation sites is 1. The van der Waals surface area contributed by atoms with Gasteiger partial charge in [0.05, 0.1) is 5.69 Å². The van der Waals surface area contributed by atoms with Crippen LogP contribution in [0.2, 0.25) is 0 Å². The molecular weight excluding hydrogens is 232 g/mol. The molecular formula is C13H16N2OS. The molecule has 2 aromatic rings.